The predicted molar refractivity (Wildman–Crippen MR) is 51.2 cm³/mol. The van der Waals surface area contributed by atoms with Crippen LogP contribution in [0.4, 0.5) is 0 Å². The number of nitrogens with two attached hydrogens (primary N) is 1. The molecule has 4 nitrogen and oxygen atoms in total. The van der Waals surface area contributed by atoms with Crippen molar-refractivity contribution in [1.82, 2.24) is 0 Å². The summed E-state index contributed by atoms with van der Waals surface area (Å²) in [4.78, 5) is 0. The van der Waals surface area contributed by atoms with Crippen molar-refractivity contribution in [2.45, 2.75) is 18.1 Å². The lowest BCUT2D eigenvalue weighted by Crippen LogP contribution is -2.38. The van der Waals surface area contributed by atoms with Crippen LogP contribution in [-0.2, 0) is 14.6 Å². The van der Waals surface area contributed by atoms with E-state index in [2.05, 4.69) is 0 Å². The summed E-state index contributed by atoms with van der Waals surface area (Å²) < 4.78 is 27.9. The summed E-state index contributed by atoms with van der Waals surface area (Å²) in [7, 11) is -3.00. The molecular weight excluding hydrogens is 190 g/mol. The fourth-order valence-electron chi connectivity index (χ4n) is 1.80. The van der Waals surface area contributed by atoms with Gasteiger partial charge < -0.3 is 10.5 Å². The van der Waals surface area contributed by atoms with E-state index < -0.39 is 9.84 Å². The first-order valence-corrected chi connectivity index (χ1v) is 6.48. The molecule has 1 atom stereocenters. The second-order valence-corrected chi connectivity index (χ2v) is 5.82. The summed E-state index contributed by atoms with van der Waals surface area (Å²) in [6.07, 6.45) is 2.89. The van der Waals surface area contributed by atoms with E-state index in [9.17, 15) is 8.42 Å². The Balaban J connectivity index is 2.65. The van der Waals surface area contributed by atoms with Crippen molar-refractivity contribution >= 4 is 9.84 Å². The zero-order valence-electron chi connectivity index (χ0n) is 7.90. The first kappa shape index (κ1) is 10.9. The van der Waals surface area contributed by atoms with Crippen molar-refractivity contribution < 1.29 is 13.2 Å². The highest BCUT2D eigenvalue weighted by Crippen LogP contribution is 2.22. The first-order valence-electron chi connectivity index (χ1n) is 4.52. The second kappa shape index (κ2) is 4.39. The fourth-order valence-corrected chi connectivity index (χ4v) is 3.13. The van der Waals surface area contributed by atoms with Gasteiger partial charge in [0.15, 0.2) is 9.84 Å². The Hall–Kier alpha value is -0.130. The van der Waals surface area contributed by atoms with Crippen molar-refractivity contribution in [3.05, 3.63) is 0 Å². The average Bonchev–Trinajstić information content (AvgIpc) is 2.05. The van der Waals surface area contributed by atoms with Gasteiger partial charge in [-0.15, -0.1) is 0 Å². The Morgan fingerprint density at radius 2 is 2.00 bits per heavy atom. The van der Waals surface area contributed by atoms with Gasteiger partial charge in [-0.3, -0.25) is 0 Å². The molecule has 0 aromatic rings. The highest BCUT2D eigenvalue weighted by molar-refractivity contribution is 7.91. The largest absolute Gasteiger partial charge is 0.381 e. The molecule has 0 aromatic heterocycles. The van der Waals surface area contributed by atoms with Gasteiger partial charge in [-0.25, -0.2) is 8.42 Å². The molecule has 1 aliphatic rings. The Bertz CT molecular complexity index is 244. The molecule has 78 valence electrons. The van der Waals surface area contributed by atoms with E-state index in [-0.39, 0.29) is 17.7 Å². The average molecular weight is 207 g/mol. The van der Waals surface area contributed by atoms with E-state index in [1.165, 1.54) is 6.26 Å². The van der Waals surface area contributed by atoms with E-state index in [0.29, 0.717) is 13.2 Å². The highest BCUT2D eigenvalue weighted by atomic mass is 32.2. The number of rotatable bonds is 3. The van der Waals surface area contributed by atoms with Crippen LogP contribution in [0.25, 0.3) is 0 Å². The van der Waals surface area contributed by atoms with Gasteiger partial charge in [-0.2, -0.15) is 0 Å². The number of hydrogen-bond donors (Lipinski definition) is 1. The van der Waals surface area contributed by atoms with Crippen LogP contribution in [0.1, 0.15) is 12.8 Å². The Kier molecular flexibility index (Phi) is 3.70. The van der Waals surface area contributed by atoms with Crippen LogP contribution in [0.3, 0.4) is 0 Å². The third-order valence-corrected chi connectivity index (χ3v) is 4.25. The SMILES string of the molecule is CS(=O)(=O)C(CN)C1CCOCC1. The lowest BCUT2D eigenvalue weighted by Gasteiger charge is -2.27. The molecule has 0 bridgehead atoms. The second-order valence-electron chi connectivity index (χ2n) is 3.55. The molecule has 13 heavy (non-hydrogen) atoms. The molecule has 0 aliphatic carbocycles. The lowest BCUT2D eigenvalue weighted by molar-refractivity contribution is 0.0656. The molecule has 0 spiro atoms. The highest BCUT2D eigenvalue weighted by Gasteiger charge is 2.30. The fraction of sp³-hybridized carbons (Fsp3) is 1.00. The zero-order chi connectivity index (χ0) is 9.90. The molecule has 1 saturated heterocycles. The summed E-state index contributed by atoms with van der Waals surface area (Å²) in [5.74, 6) is 0.189. The topological polar surface area (TPSA) is 69.4 Å². The van der Waals surface area contributed by atoms with Gasteiger partial charge >= 0.3 is 0 Å². The Morgan fingerprint density at radius 3 is 2.38 bits per heavy atom. The predicted octanol–water partition coefficient (Wildman–Crippen LogP) is -0.215. The smallest absolute Gasteiger partial charge is 0.151 e. The minimum atomic E-state index is -3.00. The molecule has 0 aromatic carbocycles. The molecule has 1 fully saturated rings. The van der Waals surface area contributed by atoms with Crippen LogP contribution in [0.15, 0.2) is 0 Å². The van der Waals surface area contributed by atoms with Gasteiger partial charge in [-0.1, -0.05) is 0 Å². The van der Waals surface area contributed by atoms with Crippen molar-refractivity contribution in [3.63, 3.8) is 0 Å². The van der Waals surface area contributed by atoms with Gasteiger partial charge in [-0.05, 0) is 18.8 Å². The summed E-state index contributed by atoms with van der Waals surface area (Å²) in [5.41, 5.74) is 5.47. The van der Waals surface area contributed by atoms with E-state index in [1.807, 2.05) is 0 Å². The molecule has 0 saturated carbocycles. The Morgan fingerprint density at radius 1 is 1.46 bits per heavy atom. The van der Waals surface area contributed by atoms with Crippen LogP contribution < -0.4 is 5.73 Å². The van der Waals surface area contributed by atoms with E-state index >= 15 is 0 Å². The summed E-state index contributed by atoms with van der Waals surface area (Å²) in [6, 6.07) is 0. The van der Waals surface area contributed by atoms with Crippen LogP contribution >= 0.6 is 0 Å². The van der Waals surface area contributed by atoms with Crippen LogP contribution in [0.2, 0.25) is 0 Å². The maximum Gasteiger partial charge on any atom is 0.151 e. The summed E-state index contributed by atoms with van der Waals surface area (Å²) in [5, 5.41) is -0.378. The molecule has 1 aliphatic heterocycles. The molecule has 2 N–H and O–H groups in total. The van der Waals surface area contributed by atoms with E-state index in [0.717, 1.165) is 12.8 Å². The number of hydrogen-bond acceptors (Lipinski definition) is 4. The Labute approximate surface area is 79.4 Å². The quantitative estimate of drug-likeness (QED) is 0.695. The number of ether oxygens (including phenoxy) is 1. The van der Waals surface area contributed by atoms with Gasteiger partial charge in [0, 0.05) is 26.0 Å². The van der Waals surface area contributed by atoms with Crippen molar-refractivity contribution in [2.75, 3.05) is 26.0 Å². The molecule has 5 heteroatoms. The van der Waals surface area contributed by atoms with E-state index in [4.69, 9.17) is 10.5 Å². The van der Waals surface area contributed by atoms with Crippen molar-refractivity contribution in [1.29, 1.82) is 0 Å². The van der Waals surface area contributed by atoms with Gasteiger partial charge in [0.05, 0.1) is 5.25 Å². The lowest BCUT2D eigenvalue weighted by atomic mass is 9.96. The first-order chi connectivity index (χ1) is 6.05. The van der Waals surface area contributed by atoms with Crippen LogP contribution in [0.5, 0.6) is 0 Å². The van der Waals surface area contributed by atoms with Gasteiger partial charge in [0.1, 0.15) is 0 Å². The third kappa shape index (κ3) is 2.93. The van der Waals surface area contributed by atoms with Gasteiger partial charge in [0.25, 0.3) is 0 Å². The monoisotopic (exact) mass is 207 g/mol. The van der Waals surface area contributed by atoms with E-state index in [1.54, 1.807) is 0 Å². The molecule has 0 radical (unpaired) electrons. The van der Waals surface area contributed by atoms with Crippen molar-refractivity contribution in [2.24, 2.45) is 11.7 Å². The zero-order valence-corrected chi connectivity index (χ0v) is 8.72. The minimum absolute atomic E-state index is 0.189. The maximum absolute atomic E-state index is 11.3. The molecule has 1 heterocycles. The minimum Gasteiger partial charge on any atom is -0.381 e. The molecule has 0 amide bonds. The summed E-state index contributed by atoms with van der Waals surface area (Å²) >= 11 is 0. The van der Waals surface area contributed by atoms with Gasteiger partial charge in [0.2, 0.25) is 0 Å². The normalized spacial score (nSPS) is 22.9. The maximum atomic E-state index is 11.3. The molecule has 1 unspecified atom stereocenters. The summed E-state index contributed by atoms with van der Waals surface area (Å²) in [6.45, 7) is 1.55. The number of sulfone groups is 1. The standard InChI is InChI=1S/C8H17NO3S/c1-13(10,11)8(6-9)7-2-4-12-5-3-7/h7-8H,2-6,9H2,1H3. The third-order valence-electron chi connectivity index (χ3n) is 2.57. The van der Waals surface area contributed by atoms with Crippen LogP contribution in [-0.4, -0.2) is 39.7 Å². The van der Waals surface area contributed by atoms with Crippen molar-refractivity contribution in [3.8, 4) is 0 Å². The molecular formula is C8H17NO3S. The van der Waals surface area contributed by atoms with Crippen LogP contribution in [0, 0.1) is 5.92 Å². The molecule has 1 rings (SSSR count).